The SMILES string of the molecule is CC=C(c1ccc(C(=O)O)cc1)c1ccc2c(c1)C(C)(C)CC2(C)C. The van der Waals surface area contributed by atoms with Crippen molar-refractivity contribution in [1.29, 1.82) is 0 Å². The van der Waals surface area contributed by atoms with E-state index < -0.39 is 5.97 Å². The highest BCUT2D eigenvalue weighted by Crippen LogP contribution is 2.49. The van der Waals surface area contributed by atoms with E-state index in [1.165, 1.54) is 16.7 Å². The minimum absolute atomic E-state index is 0.168. The van der Waals surface area contributed by atoms with Gasteiger partial charge < -0.3 is 5.11 Å². The molecule has 0 saturated carbocycles. The fourth-order valence-electron chi connectivity index (χ4n) is 4.45. The van der Waals surface area contributed by atoms with Crippen LogP contribution in [-0.4, -0.2) is 11.1 Å². The van der Waals surface area contributed by atoms with Crippen LogP contribution in [-0.2, 0) is 10.8 Å². The predicted octanol–water partition coefficient (Wildman–Crippen LogP) is 5.80. The van der Waals surface area contributed by atoms with Crippen molar-refractivity contribution in [3.63, 3.8) is 0 Å². The number of aromatic carboxylic acids is 1. The highest BCUT2D eigenvalue weighted by Gasteiger charge is 2.41. The van der Waals surface area contributed by atoms with E-state index in [1.54, 1.807) is 12.1 Å². The van der Waals surface area contributed by atoms with Crippen LogP contribution in [0.2, 0.25) is 0 Å². The first-order chi connectivity index (χ1) is 11.7. The number of carboxylic acids is 1. The Morgan fingerprint density at radius 3 is 1.96 bits per heavy atom. The molecule has 2 aromatic rings. The molecular weight excluding hydrogens is 308 g/mol. The number of carbonyl (C=O) groups is 1. The highest BCUT2D eigenvalue weighted by molar-refractivity contribution is 5.89. The number of hydrogen-bond acceptors (Lipinski definition) is 1. The molecular formula is C23H26O2. The van der Waals surface area contributed by atoms with Gasteiger partial charge in [-0.3, -0.25) is 0 Å². The van der Waals surface area contributed by atoms with Gasteiger partial charge in [0.15, 0.2) is 0 Å². The van der Waals surface area contributed by atoms with Gasteiger partial charge in [-0.05, 0) is 64.1 Å². The molecule has 0 fully saturated rings. The molecule has 3 rings (SSSR count). The number of rotatable bonds is 3. The zero-order valence-electron chi connectivity index (χ0n) is 15.7. The number of allylic oxidation sites excluding steroid dienone is 1. The number of hydrogen-bond donors (Lipinski definition) is 1. The molecule has 1 aliphatic rings. The van der Waals surface area contributed by atoms with Crippen LogP contribution in [0, 0.1) is 0 Å². The summed E-state index contributed by atoms with van der Waals surface area (Å²) in [7, 11) is 0. The lowest BCUT2D eigenvalue weighted by Gasteiger charge is -2.22. The van der Waals surface area contributed by atoms with Crippen molar-refractivity contribution in [3.05, 3.63) is 76.4 Å². The maximum atomic E-state index is 11.1. The van der Waals surface area contributed by atoms with Crippen LogP contribution < -0.4 is 0 Å². The van der Waals surface area contributed by atoms with Gasteiger partial charge in [0.2, 0.25) is 0 Å². The molecule has 0 aliphatic heterocycles. The maximum Gasteiger partial charge on any atom is 0.335 e. The Morgan fingerprint density at radius 2 is 1.40 bits per heavy atom. The van der Waals surface area contributed by atoms with Gasteiger partial charge in [-0.1, -0.05) is 64.1 Å². The lowest BCUT2D eigenvalue weighted by atomic mass is 9.82. The molecule has 2 nitrogen and oxygen atoms in total. The van der Waals surface area contributed by atoms with Crippen LogP contribution in [0.1, 0.15) is 73.7 Å². The quantitative estimate of drug-likeness (QED) is 0.770. The van der Waals surface area contributed by atoms with Gasteiger partial charge in [0.05, 0.1) is 5.56 Å². The molecule has 0 bridgehead atoms. The van der Waals surface area contributed by atoms with E-state index in [9.17, 15) is 4.79 Å². The fourth-order valence-corrected chi connectivity index (χ4v) is 4.45. The van der Waals surface area contributed by atoms with Crippen molar-refractivity contribution in [3.8, 4) is 0 Å². The standard InChI is InChI=1S/C23H26O2/c1-6-18(15-7-9-16(10-8-15)21(24)25)17-11-12-19-20(13-17)23(4,5)14-22(19,2)3/h6-13H,14H2,1-5H3,(H,24,25). The second-order valence-electron chi connectivity index (χ2n) is 8.29. The normalized spacial score (nSPS) is 18.0. The van der Waals surface area contributed by atoms with Crippen molar-refractivity contribution in [2.75, 3.05) is 0 Å². The average molecular weight is 334 g/mol. The number of benzene rings is 2. The van der Waals surface area contributed by atoms with Crippen LogP contribution in [0.15, 0.2) is 48.5 Å². The first kappa shape index (κ1) is 17.5. The van der Waals surface area contributed by atoms with Crippen LogP contribution in [0.3, 0.4) is 0 Å². The molecule has 0 radical (unpaired) electrons. The van der Waals surface area contributed by atoms with Crippen molar-refractivity contribution >= 4 is 11.5 Å². The summed E-state index contributed by atoms with van der Waals surface area (Å²) in [4.78, 5) is 11.1. The van der Waals surface area contributed by atoms with Gasteiger partial charge in [-0.2, -0.15) is 0 Å². The summed E-state index contributed by atoms with van der Waals surface area (Å²) in [6.45, 7) is 11.3. The summed E-state index contributed by atoms with van der Waals surface area (Å²) < 4.78 is 0. The Balaban J connectivity index is 2.05. The van der Waals surface area contributed by atoms with Gasteiger partial charge in [-0.15, -0.1) is 0 Å². The Hall–Kier alpha value is -2.35. The monoisotopic (exact) mass is 334 g/mol. The average Bonchev–Trinajstić information content (AvgIpc) is 2.73. The summed E-state index contributed by atoms with van der Waals surface area (Å²) in [5.74, 6) is -0.893. The third kappa shape index (κ3) is 3.02. The summed E-state index contributed by atoms with van der Waals surface area (Å²) >= 11 is 0. The van der Waals surface area contributed by atoms with Crippen molar-refractivity contribution in [2.45, 2.75) is 51.9 Å². The van der Waals surface area contributed by atoms with E-state index in [0.717, 1.165) is 17.6 Å². The largest absolute Gasteiger partial charge is 0.478 e. The fraction of sp³-hybridized carbons (Fsp3) is 0.348. The predicted molar refractivity (Wildman–Crippen MR) is 103 cm³/mol. The van der Waals surface area contributed by atoms with Crippen LogP contribution in [0.25, 0.3) is 5.57 Å². The lowest BCUT2D eigenvalue weighted by Crippen LogP contribution is -2.17. The smallest absolute Gasteiger partial charge is 0.335 e. The molecule has 0 atom stereocenters. The van der Waals surface area contributed by atoms with E-state index in [2.05, 4.69) is 52.0 Å². The van der Waals surface area contributed by atoms with Gasteiger partial charge >= 0.3 is 5.97 Å². The molecule has 0 unspecified atom stereocenters. The second kappa shape index (κ2) is 5.87. The van der Waals surface area contributed by atoms with Gasteiger partial charge in [0.1, 0.15) is 0 Å². The van der Waals surface area contributed by atoms with Gasteiger partial charge in [0, 0.05) is 0 Å². The van der Waals surface area contributed by atoms with Crippen LogP contribution in [0.5, 0.6) is 0 Å². The second-order valence-corrected chi connectivity index (χ2v) is 8.29. The molecule has 130 valence electrons. The van der Waals surface area contributed by atoms with Crippen LogP contribution >= 0.6 is 0 Å². The van der Waals surface area contributed by atoms with Crippen molar-refractivity contribution in [2.24, 2.45) is 0 Å². The summed E-state index contributed by atoms with van der Waals surface area (Å²) in [6, 6.07) is 13.9. The molecule has 1 N–H and O–H groups in total. The minimum Gasteiger partial charge on any atom is -0.478 e. The molecule has 0 heterocycles. The Bertz CT molecular complexity index is 852. The van der Waals surface area contributed by atoms with E-state index >= 15 is 0 Å². The number of carboxylic acid groups (broad SMARTS) is 1. The van der Waals surface area contributed by atoms with Crippen molar-refractivity contribution < 1.29 is 9.90 Å². The number of fused-ring (bicyclic) bond motifs is 1. The summed E-state index contributed by atoms with van der Waals surface area (Å²) in [5, 5.41) is 9.09. The van der Waals surface area contributed by atoms with E-state index in [4.69, 9.17) is 5.11 Å². The minimum atomic E-state index is -0.893. The summed E-state index contributed by atoms with van der Waals surface area (Å²) in [6.07, 6.45) is 3.25. The van der Waals surface area contributed by atoms with E-state index in [1.807, 2.05) is 19.1 Å². The molecule has 0 amide bonds. The lowest BCUT2D eigenvalue weighted by molar-refractivity contribution is 0.0697. The molecule has 2 aromatic carbocycles. The van der Waals surface area contributed by atoms with Crippen LogP contribution in [0.4, 0.5) is 0 Å². The van der Waals surface area contributed by atoms with Gasteiger partial charge in [0.25, 0.3) is 0 Å². The zero-order chi connectivity index (χ0) is 18.4. The Kier molecular flexibility index (Phi) is 4.10. The molecule has 0 saturated heterocycles. The Morgan fingerprint density at radius 1 is 0.880 bits per heavy atom. The van der Waals surface area contributed by atoms with Gasteiger partial charge in [-0.25, -0.2) is 4.79 Å². The zero-order valence-corrected chi connectivity index (χ0v) is 15.7. The third-order valence-electron chi connectivity index (χ3n) is 5.40. The molecule has 1 aliphatic carbocycles. The third-order valence-corrected chi connectivity index (χ3v) is 5.40. The Labute approximate surface area is 150 Å². The first-order valence-electron chi connectivity index (χ1n) is 8.81. The molecule has 25 heavy (non-hydrogen) atoms. The molecule has 2 heteroatoms. The maximum absolute atomic E-state index is 11.1. The first-order valence-corrected chi connectivity index (χ1v) is 8.81. The molecule has 0 spiro atoms. The van der Waals surface area contributed by atoms with E-state index in [0.29, 0.717) is 5.56 Å². The highest BCUT2D eigenvalue weighted by atomic mass is 16.4. The molecule has 0 aromatic heterocycles. The summed E-state index contributed by atoms with van der Waals surface area (Å²) in [5.41, 5.74) is 6.93. The van der Waals surface area contributed by atoms with Crippen molar-refractivity contribution in [1.82, 2.24) is 0 Å². The van der Waals surface area contributed by atoms with E-state index in [-0.39, 0.29) is 10.8 Å². The topological polar surface area (TPSA) is 37.3 Å².